The van der Waals surface area contributed by atoms with Gasteiger partial charge in [0.2, 0.25) is 5.82 Å². The van der Waals surface area contributed by atoms with Gasteiger partial charge in [0.15, 0.2) is 17.5 Å². The number of hydrogen-bond donors (Lipinski definition) is 1. The normalized spacial score (nSPS) is 18.3. The fourth-order valence-corrected chi connectivity index (χ4v) is 5.11. The van der Waals surface area contributed by atoms with Crippen molar-refractivity contribution >= 4 is 29.3 Å². The topological polar surface area (TPSA) is 68.0 Å². The molecular weight excluding hydrogens is 465 g/mol. The Bertz CT molecular complexity index is 1180. The number of rotatable bonds is 3. The number of carboxylic acids is 1. The van der Waals surface area contributed by atoms with Crippen molar-refractivity contribution in [2.45, 2.75) is 23.1 Å². The van der Waals surface area contributed by atoms with E-state index < -0.39 is 46.5 Å². The van der Waals surface area contributed by atoms with Crippen molar-refractivity contribution in [1.29, 1.82) is 0 Å². The van der Waals surface area contributed by atoms with E-state index in [2.05, 4.69) is 10.2 Å². The summed E-state index contributed by atoms with van der Waals surface area (Å²) in [4.78, 5) is 11.4. The molecule has 0 amide bonds. The van der Waals surface area contributed by atoms with Crippen LogP contribution in [0.4, 0.5) is 22.0 Å². The summed E-state index contributed by atoms with van der Waals surface area (Å²) < 4.78 is 70.3. The molecule has 1 aromatic heterocycles. The van der Waals surface area contributed by atoms with Crippen molar-refractivity contribution < 1.29 is 31.9 Å². The highest BCUT2D eigenvalue weighted by atomic mass is 35.5. The summed E-state index contributed by atoms with van der Waals surface area (Å²) in [6.45, 7) is 0. The van der Waals surface area contributed by atoms with Gasteiger partial charge in [0.1, 0.15) is 0 Å². The van der Waals surface area contributed by atoms with Gasteiger partial charge in [-0.05, 0) is 29.8 Å². The van der Waals surface area contributed by atoms with Crippen molar-refractivity contribution in [2.75, 3.05) is 0 Å². The molecule has 2 atom stereocenters. The van der Waals surface area contributed by atoms with Gasteiger partial charge >= 0.3 is 12.1 Å². The lowest BCUT2D eigenvalue weighted by atomic mass is 10.0. The lowest BCUT2D eigenvalue weighted by molar-refractivity contribution is -0.146. The van der Waals surface area contributed by atoms with E-state index in [0.29, 0.717) is 4.57 Å². The van der Waals surface area contributed by atoms with Crippen LogP contribution in [-0.2, 0) is 11.0 Å². The molecule has 31 heavy (non-hydrogen) atoms. The highest BCUT2D eigenvalue weighted by Gasteiger charge is 2.43. The number of halogens is 6. The number of fused-ring (bicyclic) bond motifs is 3. The molecule has 3 aromatic rings. The van der Waals surface area contributed by atoms with Crippen molar-refractivity contribution in [2.24, 2.45) is 0 Å². The quantitative estimate of drug-likeness (QED) is 0.502. The second kappa shape index (κ2) is 7.79. The SMILES string of the molecule is O=C(O)C[C@@H]1S[C@@H](c2cccc(F)c2F)c2cc(Cl)ccc2-n2c1nnc2C(F)(F)F. The van der Waals surface area contributed by atoms with E-state index in [1.165, 1.54) is 30.3 Å². The zero-order valence-corrected chi connectivity index (χ0v) is 16.8. The lowest BCUT2D eigenvalue weighted by Gasteiger charge is -2.21. The Labute approximate surface area is 180 Å². The van der Waals surface area contributed by atoms with Crippen molar-refractivity contribution in [3.63, 3.8) is 0 Å². The van der Waals surface area contributed by atoms with E-state index in [4.69, 9.17) is 11.6 Å². The van der Waals surface area contributed by atoms with E-state index in [1.54, 1.807) is 0 Å². The molecule has 0 saturated carbocycles. The Balaban J connectivity index is 2.04. The molecular formula is C19H11ClF5N3O2S. The van der Waals surface area contributed by atoms with Gasteiger partial charge in [0.05, 0.1) is 22.6 Å². The van der Waals surface area contributed by atoms with Gasteiger partial charge in [0, 0.05) is 10.6 Å². The number of alkyl halides is 3. The number of carbonyl (C=O) groups is 1. The van der Waals surface area contributed by atoms with Crippen molar-refractivity contribution in [3.8, 4) is 5.69 Å². The Morgan fingerprint density at radius 3 is 2.58 bits per heavy atom. The largest absolute Gasteiger partial charge is 0.481 e. The Morgan fingerprint density at radius 1 is 1.16 bits per heavy atom. The Morgan fingerprint density at radius 2 is 1.90 bits per heavy atom. The second-order valence-corrected chi connectivity index (χ2v) is 8.41. The molecule has 162 valence electrons. The maximum Gasteiger partial charge on any atom is 0.452 e. The van der Waals surface area contributed by atoms with E-state index >= 15 is 0 Å². The molecule has 5 nitrogen and oxygen atoms in total. The van der Waals surface area contributed by atoms with Gasteiger partial charge in [-0.15, -0.1) is 22.0 Å². The van der Waals surface area contributed by atoms with Crippen LogP contribution in [0.15, 0.2) is 36.4 Å². The lowest BCUT2D eigenvalue weighted by Crippen LogP contribution is -2.16. The van der Waals surface area contributed by atoms with E-state index in [-0.39, 0.29) is 27.7 Å². The molecule has 0 bridgehead atoms. The van der Waals surface area contributed by atoms with Gasteiger partial charge < -0.3 is 5.11 Å². The molecule has 2 heterocycles. The third kappa shape index (κ3) is 3.87. The average Bonchev–Trinajstić information content (AvgIpc) is 3.08. The smallest absolute Gasteiger partial charge is 0.452 e. The molecule has 0 spiro atoms. The van der Waals surface area contributed by atoms with Crippen LogP contribution >= 0.6 is 23.4 Å². The van der Waals surface area contributed by atoms with Gasteiger partial charge in [-0.2, -0.15) is 13.2 Å². The van der Waals surface area contributed by atoms with Gasteiger partial charge in [-0.1, -0.05) is 23.7 Å². The highest BCUT2D eigenvalue weighted by molar-refractivity contribution is 8.00. The molecule has 4 rings (SSSR count). The first-order valence-electron chi connectivity index (χ1n) is 8.71. The zero-order chi connectivity index (χ0) is 22.5. The fourth-order valence-electron chi connectivity index (χ4n) is 3.43. The summed E-state index contributed by atoms with van der Waals surface area (Å²) >= 11 is 6.91. The van der Waals surface area contributed by atoms with Crippen molar-refractivity contribution in [1.82, 2.24) is 14.8 Å². The van der Waals surface area contributed by atoms with Crippen LogP contribution in [0.1, 0.15) is 39.7 Å². The van der Waals surface area contributed by atoms with Crippen LogP contribution in [0.5, 0.6) is 0 Å². The third-order valence-corrected chi connectivity index (χ3v) is 6.39. The summed E-state index contributed by atoms with van der Waals surface area (Å²) in [5, 5.41) is 14.1. The third-order valence-electron chi connectivity index (χ3n) is 4.67. The van der Waals surface area contributed by atoms with Gasteiger partial charge in [-0.25, -0.2) is 8.78 Å². The number of benzene rings is 2. The second-order valence-electron chi connectivity index (χ2n) is 6.66. The van der Waals surface area contributed by atoms with E-state index in [0.717, 1.165) is 17.8 Å². The maximum atomic E-state index is 14.7. The molecule has 0 saturated heterocycles. The molecule has 1 N–H and O–H groups in total. The predicted molar refractivity (Wildman–Crippen MR) is 102 cm³/mol. The van der Waals surface area contributed by atoms with Crippen LogP contribution < -0.4 is 0 Å². The minimum Gasteiger partial charge on any atom is -0.481 e. The van der Waals surface area contributed by atoms with Crippen LogP contribution in [0.25, 0.3) is 5.69 Å². The molecule has 0 unspecified atom stereocenters. The monoisotopic (exact) mass is 475 g/mol. The molecule has 0 radical (unpaired) electrons. The molecule has 1 aliphatic rings. The highest BCUT2D eigenvalue weighted by Crippen LogP contribution is 2.52. The van der Waals surface area contributed by atoms with Gasteiger partial charge in [0.25, 0.3) is 0 Å². The summed E-state index contributed by atoms with van der Waals surface area (Å²) in [6, 6.07) is 7.42. The average molecular weight is 476 g/mol. The van der Waals surface area contributed by atoms with E-state index in [9.17, 15) is 31.9 Å². The standard InChI is InChI=1S/C19H11ClF5N3O2S/c20-8-4-5-12-10(6-8)16(9-2-1-3-11(21)15(9)22)31-13(7-14(29)30)17-26-27-18(28(12)17)19(23,24)25/h1-6,13,16H,7H2,(H,29,30)/t13-,16-/m0/s1. The Hall–Kier alpha value is -2.66. The van der Waals surface area contributed by atoms with Crippen LogP contribution in [-0.4, -0.2) is 25.8 Å². The fraction of sp³-hybridized carbons (Fsp3) is 0.211. The predicted octanol–water partition coefficient (Wildman–Crippen LogP) is 5.57. The summed E-state index contributed by atoms with van der Waals surface area (Å²) in [5.41, 5.74) is -0.0663. The van der Waals surface area contributed by atoms with E-state index in [1.807, 2.05) is 0 Å². The Kier molecular flexibility index (Phi) is 5.42. The first-order chi connectivity index (χ1) is 14.6. The number of thioether (sulfide) groups is 1. The molecule has 2 aromatic carbocycles. The molecule has 0 aliphatic carbocycles. The molecule has 0 fully saturated rings. The van der Waals surface area contributed by atoms with Crippen LogP contribution in [0, 0.1) is 11.6 Å². The minimum absolute atomic E-state index is 0.0502. The zero-order valence-electron chi connectivity index (χ0n) is 15.2. The van der Waals surface area contributed by atoms with Crippen LogP contribution in [0.3, 0.4) is 0 Å². The molecule has 1 aliphatic heterocycles. The number of nitrogens with zero attached hydrogens (tertiary/aromatic N) is 3. The number of aromatic nitrogens is 3. The van der Waals surface area contributed by atoms with Crippen LogP contribution in [0.2, 0.25) is 5.02 Å². The minimum atomic E-state index is -4.90. The number of carboxylic acid groups (broad SMARTS) is 1. The first-order valence-corrected chi connectivity index (χ1v) is 10.0. The van der Waals surface area contributed by atoms with Crippen molar-refractivity contribution in [3.05, 3.63) is 75.8 Å². The molecule has 12 heteroatoms. The number of aliphatic carboxylic acids is 1. The maximum absolute atomic E-state index is 14.7. The first kappa shape index (κ1) is 21.6. The summed E-state index contributed by atoms with van der Waals surface area (Å²) in [5.74, 6) is -5.25. The van der Waals surface area contributed by atoms with Gasteiger partial charge in [-0.3, -0.25) is 9.36 Å². The summed E-state index contributed by atoms with van der Waals surface area (Å²) in [6.07, 6.45) is -5.51. The number of hydrogen-bond acceptors (Lipinski definition) is 4. The summed E-state index contributed by atoms with van der Waals surface area (Å²) in [7, 11) is 0.